The van der Waals surface area contributed by atoms with Crippen LogP contribution in [0.3, 0.4) is 0 Å². The summed E-state index contributed by atoms with van der Waals surface area (Å²) < 4.78 is 7.15. The summed E-state index contributed by atoms with van der Waals surface area (Å²) >= 11 is 1.55. The van der Waals surface area contributed by atoms with Crippen molar-refractivity contribution in [3.8, 4) is 11.4 Å². The van der Waals surface area contributed by atoms with E-state index < -0.39 is 0 Å². The first kappa shape index (κ1) is 18.3. The van der Waals surface area contributed by atoms with Crippen molar-refractivity contribution in [2.24, 2.45) is 0 Å². The quantitative estimate of drug-likeness (QED) is 0.357. The van der Waals surface area contributed by atoms with Crippen molar-refractivity contribution in [1.29, 1.82) is 0 Å². The molecule has 1 aromatic heterocycles. The molecular weight excluding hydrogens is 368 g/mol. The van der Waals surface area contributed by atoms with Gasteiger partial charge in [0.1, 0.15) is 5.75 Å². The van der Waals surface area contributed by atoms with Gasteiger partial charge in [0, 0.05) is 5.75 Å². The van der Waals surface area contributed by atoms with E-state index in [4.69, 9.17) is 9.72 Å². The molecule has 0 amide bonds. The molecule has 0 bridgehead atoms. The van der Waals surface area contributed by atoms with E-state index in [-0.39, 0.29) is 5.56 Å². The van der Waals surface area contributed by atoms with Gasteiger partial charge in [0.2, 0.25) is 0 Å². The molecule has 0 N–H and O–H groups in total. The zero-order valence-corrected chi connectivity index (χ0v) is 16.6. The maximum atomic E-state index is 13.3. The van der Waals surface area contributed by atoms with Crippen molar-refractivity contribution in [2.75, 3.05) is 7.11 Å². The summed E-state index contributed by atoms with van der Waals surface area (Å²) in [4.78, 5) is 18.1. The Morgan fingerprint density at radius 1 is 0.964 bits per heavy atom. The number of hydrogen-bond acceptors (Lipinski definition) is 4. The molecule has 4 aromatic rings. The summed E-state index contributed by atoms with van der Waals surface area (Å²) in [6.07, 6.45) is 0. The van der Waals surface area contributed by atoms with Gasteiger partial charge in [-0.2, -0.15) is 0 Å². The number of rotatable bonds is 5. The lowest BCUT2D eigenvalue weighted by Crippen LogP contribution is -2.22. The van der Waals surface area contributed by atoms with E-state index >= 15 is 0 Å². The molecule has 0 radical (unpaired) electrons. The number of fused-ring (bicyclic) bond motifs is 1. The van der Waals surface area contributed by atoms with Crippen LogP contribution in [-0.2, 0) is 5.75 Å². The Labute approximate surface area is 167 Å². The van der Waals surface area contributed by atoms with Crippen molar-refractivity contribution in [3.05, 3.63) is 94.3 Å². The van der Waals surface area contributed by atoms with Crippen LogP contribution in [0.4, 0.5) is 0 Å². The fourth-order valence-corrected chi connectivity index (χ4v) is 4.03. The Bertz CT molecular complexity index is 1180. The number of aryl methyl sites for hydroxylation is 1. The summed E-state index contributed by atoms with van der Waals surface area (Å²) in [5.74, 6) is 1.36. The van der Waals surface area contributed by atoms with Crippen LogP contribution in [-0.4, -0.2) is 16.7 Å². The third-order valence-corrected chi connectivity index (χ3v) is 5.57. The molecule has 1 heterocycles. The lowest BCUT2D eigenvalue weighted by atomic mass is 10.2. The number of hydrogen-bond donors (Lipinski definition) is 0. The zero-order chi connectivity index (χ0) is 19.5. The first-order valence-electron chi connectivity index (χ1n) is 9.01. The Hall–Kier alpha value is -3.05. The Morgan fingerprint density at radius 2 is 1.68 bits per heavy atom. The number of benzene rings is 3. The highest BCUT2D eigenvalue weighted by Gasteiger charge is 2.16. The summed E-state index contributed by atoms with van der Waals surface area (Å²) in [5.41, 5.74) is 3.71. The SMILES string of the molecule is COc1ccccc1-n1c(SCc2ccc(C)cc2)nc2ccccc2c1=O. The fraction of sp³-hybridized carbons (Fsp3) is 0.130. The molecule has 0 aliphatic rings. The van der Waals surface area contributed by atoms with Crippen LogP contribution in [0.1, 0.15) is 11.1 Å². The van der Waals surface area contributed by atoms with Gasteiger partial charge in [0.05, 0.1) is 23.7 Å². The minimum atomic E-state index is -0.0958. The summed E-state index contributed by atoms with van der Waals surface area (Å²) in [6.45, 7) is 2.07. The lowest BCUT2D eigenvalue weighted by Gasteiger charge is -2.15. The molecule has 0 fully saturated rings. The van der Waals surface area contributed by atoms with Crippen molar-refractivity contribution in [3.63, 3.8) is 0 Å². The number of ether oxygens (including phenoxy) is 1. The second-order valence-corrected chi connectivity index (χ2v) is 7.44. The average molecular weight is 388 g/mol. The molecule has 0 aliphatic carbocycles. The van der Waals surface area contributed by atoms with E-state index in [1.807, 2.05) is 48.5 Å². The van der Waals surface area contributed by atoms with Gasteiger partial charge < -0.3 is 4.74 Å². The van der Waals surface area contributed by atoms with Gasteiger partial charge >= 0.3 is 0 Å². The third kappa shape index (κ3) is 3.53. The molecule has 0 saturated carbocycles. The average Bonchev–Trinajstić information content (AvgIpc) is 2.73. The van der Waals surface area contributed by atoms with Gasteiger partial charge in [-0.05, 0) is 36.8 Å². The van der Waals surface area contributed by atoms with Crippen LogP contribution < -0.4 is 10.3 Å². The molecule has 0 aliphatic heterocycles. The van der Waals surface area contributed by atoms with E-state index in [0.29, 0.717) is 27.5 Å². The van der Waals surface area contributed by atoms with E-state index in [9.17, 15) is 4.79 Å². The van der Waals surface area contributed by atoms with Crippen molar-refractivity contribution in [1.82, 2.24) is 9.55 Å². The second-order valence-electron chi connectivity index (χ2n) is 6.50. The predicted octanol–water partition coefficient (Wildman–Crippen LogP) is 5.00. The molecule has 0 saturated heterocycles. The number of aromatic nitrogens is 2. The molecule has 0 spiro atoms. The number of thioether (sulfide) groups is 1. The monoisotopic (exact) mass is 388 g/mol. The van der Waals surface area contributed by atoms with Crippen LogP contribution in [0.2, 0.25) is 0 Å². The van der Waals surface area contributed by atoms with Crippen LogP contribution >= 0.6 is 11.8 Å². The highest BCUT2D eigenvalue weighted by molar-refractivity contribution is 7.98. The number of nitrogens with zero attached hydrogens (tertiary/aromatic N) is 2. The second kappa shape index (κ2) is 7.90. The first-order valence-corrected chi connectivity index (χ1v) is 9.99. The molecule has 5 heteroatoms. The highest BCUT2D eigenvalue weighted by Crippen LogP contribution is 2.28. The number of para-hydroxylation sites is 3. The number of methoxy groups -OCH3 is 1. The Balaban J connectivity index is 1.86. The maximum Gasteiger partial charge on any atom is 0.266 e. The molecule has 140 valence electrons. The molecule has 28 heavy (non-hydrogen) atoms. The minimum Gasteiger partial charge on any atom is -0.495 e. The summed E-state index contributed by atoms with van der Waals surface area (Å²) in [7, 11) is 1.61. The van der Waals surface area contributed by atoms with Crippen LogP contribution in [0.5, 0.6) is 5.75 Å². The molecule has 4 nitrogen and oxygen atoms in total. The smallest absolute Gasteiger partial charge is 0.266 e. The Morgan fingerprint density at radius 3 is 2.46 bits per heavy atom. The largest absolute Gasteiger partial charge is 0.495 e. The van der Waals surface area contributed by atoms with Gasteiger partial charge in [-0.3, -0.25) is 9.36 Å². The summed E-state index contributed by atoms with van der Waals surface area (Å²) in [5, 5.41) is 1.24. The van der Waals surface area contributed by atoms with Gasteiger partial charge in [-0.15, -0.1) is 0 Å². The molecule has 4 rings (SSSR count). The van der Waals surface area contributed by atoms with Crippen LogP contribution in [0.15, 0.2) is 82.7 Å². The van der Waals surface area contributed by atoms with E-state index in [0.717, 1.165) is 5.75 Å². The normalized spacial score (nSPS) is 10.9. The van der Waals surface area contributed by atoms with Gasteiger partial charge in [-0.1, -0.05) is 65.9 Å². The zero-order valence-electron chi connectivity index (χ0n) is 15.8. The van der Waals surface area contributed by atoms with Gasteiger partial charge in [0.15, 0.2) is 5.16 Å². The topological polar surface area (TPSA) is 44.1 Å². The first-order chi connectivity index (χ1) is 13.7. The lowest BCUT2D eigenvalue weighted by molar-refractivity contribution is 0.411. The fourth-order valence-electron chi connectivity index (χ4n) is 3.07. The van der Waals surface area contributed by atoms with Crippen molar-refractivity contribution >= 4 is 22.7 Å². The van der Waals surface area contributed by atoms with Crippen molar-refractivity contribution in [2.45, 2.75) is 17.8 Å². The summed E-state index contributed by atoms with van der Waals surface area (Å²) in [6, 6.07) is 23.4. The van der Waals surface area contributed by atoms with E-state index in [2.05, 4.69) is 31.2 Å². The van der Waals surface area contributed by atoms with Crippen LogP contribution in [0.25, 0.3) is 16.6 Å². The highest BCUT2D eigenvalue weighted by atomic mass is 32.2. The molecular formula is C23H20N2O2S. The van der Waals surface area contributed by atoms with Gasteiger partial charge in [-0.25, -0.2) is 4.98 Å². The minimum absolute atomic E-state index is 0.0958. The molecule has 0 atom stereocenters. The van der Waals surface area contributed by atoms with Crippen molar-refractivity contribution < 1.29 is 4.74 Å². The van der Waals surface area contributed by atoms with E-state index in [1.54, 1.807) is 23.4 Å². The standard InChI is InChI=1S/C23H20N2O2S/c1-16-11-13-17(14-12-16)15-28-23-24-19-8-4-3-7-18(19)22(26)25(23)20-9-5-6-10-21(20)27-2/h3-14H,15H2,1-2H3. The van der Waals surface area contributed by atoms with E-state index in [1.165, 1.54) is 11.1 Å². The molecule has 0 unspecified atom stereocenters. The third-order valence-electron chi connectivity index (χ3n) is 4.56. The van der Waals surface area contributed by atoms with Crippen LogP contribution in [0, 0.1) is 6.92 Å². The maximum absolute atomic E-state index is 13.3. The van der Waals surface area contributed by atoms with Gasteiger partial charge in [0.25, 0.3) is 5.56 Å². The Kier molecular flexibility index (Phi) is 5.17. The predicted molar refractivity (Wildman–Crippen MR) is 115 cm³/mol. The molecule has 3 aromatic carbocycles.